The van der Waals surface area contributed by atoms with E-state index in [-0.39, 0.29) is 58.9 Å². The van der Waals surface area contributed by atoms with E-state index in [1.165, 1.54) is 37.4 Å². The van der Waals surface area contributed by atoms with Gasteiger partial charge in [0.2, 0.25) is 0 Å². The lowest BCUT2D eigenvalue weighted by molar-refractivity contribution is -0.121. The van der Waals surface area contributed by atoms with Crippen molar-refractivity contribution in [3.63, 3.8) is 0 Å². The molecule has 3 aliphatic rings. The molecular weight excluding hydrogens is 696 g/mol. The van der Waals surface area contributed by atoms with Gasteiger partial charge in [0.25, 0.3) is 15.9 Å². The molecule has 0 aromatic heterocycles. The molecule has 1 atom stereocenters. The number of ether oxygens (including phenoxy) is 2. The SMILES string of the molecule is CCOc1ccccc1C1(NC(=O)N2CCN(C3CCN(C)CC3)CC2)C(=O)N(S(=O)(=O)c2ccc(OC)cc2)c2ccc(F)cc21.Cl.Cl. The summed E-state index contributed by atoms with van der Waals surface area (Å²) in [5.74, 6) is -0.976. The number of carbonyl (C=O) groups excluding carboxylic acids is 2. The maximum absolute atomic E-state index is 15.1. The van der Waals surface area contributed by atoms with Crippen LogP contribution in [0.5, 0.6) is 11.5 Å². The molecular formula is C34H42Cl2FN5O6S. The van der Waals surface area contributed by atoms with Crippen molar-refractivity contribution >= 4 is 52.5 Å². The van der Waals surface area contributed by atoms with Crippen molar-refractivity contribution in [2.75, 3.05) is 64.3 Å². The Labute approximate surface area is 299 Å². The number of halogens is 3. The van der Waals surface area contributed by atoms with Crippen LogP contribution in [-0.4, -0.2) is 101 Å². The van der Waals surface area contributed by atoms with Crippen LogP contribution in [0, 0.1) is 5.82 Å². The van der Waals surface area contributed by atoms with Gasteiger partial charge in [-0.05, 0) is 88.4 Å². The lowest BCUT2D eigenvalue weighted by atomic mass is 9.83. The highest BCUT2D eigenvalue weighted by molar-refractivity contribution is 7.93. The van der Waals surface area contributed by atoms with Crippen LogP contribution in [0.4, 0.5) is 14.9 Å². The maximum atomic E-state index is 15.1. The third kappa shape index (κ3) is 7.04. The standard InChI is InChI=1S/C34H40FN5O6S.2ClH/c1-4-46-31-8-6-5-7-28(31)34(36-33(42)39-21-19-38(20-22-39)25-15-17-37(2)18-16-25)29-23-24(35)9-14-30(29)40(32(34)41)47(43,44)27-12-10-26(45-3)11-13-27;;/h5-14,23,25H,4,15-22H2,1-3H3,(H,36,42);2*1H. The molecule has 2 fully saturated rings. The Morgan fingerprint density at radius 1 is 0.939 bits per heavy atom. The van der Waals surface area contributed by atoms with Gasteiger partial charge in [0.15, 0.2) is 5.54 Å². The Morgan fingerprint density at radius 3 is 2.22 bits per heavy atom. The summed E-state index contributed by atoms with van der Waals surface area (Å²) in [6.07, 6.45) is 2.13. The fourth-order valence-corrected chi connectivity index (χ4v) is 8.31. The molecule has 0 aliphatic carbocycles. The number of piperidine rings is 1. The monoisotopic (exact) mass is 737 g/mol. The van der Waals surface area contributed by atoms with Gasteiger partial charge < -0.3 is 24.6 Å². The van der Waals surface area contributed by atoms with Gasteiger partial charge in [-0.3, -0.25) is 9.69 Å². The first-order chi connectivity index (χ1) is 22.6. The fraction of sp³-hybridized carbons (Fsp3) is 0.412. The van der Waals surface area contributed by atoms with Gasteiger partial charge in [0.05, 0.1) is 24.3 Å². The van der Waals surface area contributed by atoms with Crippen molar-refractivity contribution in [2.24, 2.45) is 0 Å². The van der Waals surface area contributed by atoms with E-state index in [4.69, 9.17) is 9.47 Å². The summed E-state index contributed by atoms with van der Waals surface area (Å²) < 4.78 is 55.3. The molecule has 0 spiro atoms. The van der Waals surface area contributed by atoms with Crippen molar-refractivity contribution in [3.8, 4) is 11.5 Å². The van der Waals surface area contributed by atoms with Crippen LogP contribution in [0.3, 0.4) is 0 Å². The van der Waals surface area contributed by atoms with Gasteiger partial charge in [-0.15, -0.1) is 24.8 Å². The number of carbonyl (C=O) groups is 2. The van der Waals surface area contributed by atoms with Crippen LogP contribution in [-0.2, 0) is 20.4 Å². The highest BCUT2D eigenvalue weighted by Crippen LogP contribution is 2.49. The number of amides is 3. The number of urea groups is 1. The van der Waals surface area contributed by atoms with Gasteiger partial charge in [-0.25, -0.2) is 17.6 Å². The van der Waals surface area contributed by atoms with Crippen molar-refractivity contribution in [1.29, 1.82) is 0 Å². The largest absolute Gasteiger partial charge is 0.497 e. The summed E-state index contributed by atoms with van der Waals surface area (Å²) in [7, 11) is -0.959. The molecule has 3 aromatic carbocycles. The topological polar surface area (TPSA) is 112 Å². The van der Waals surface area contributed by atoms with Crippen molar-refractivity contribution in [2.45, 2.75) is 36.2 Å². The Kier molecular flexibility index (Phi) is 12.1. The summed E-state index contributed by atoms with van der Waals surface area (Å²) in [6, 6.07) is 15.6. The molecule has 3 heterocycles. The number of nitrogens with one attached hydrogen (secondary N) is 1. The molecule has 3 amide bonds. The summed E-state index contributed by atoms with van der Waals surface area (Å²) in [6.45, 7) is 6.23. The second-order valence-corrected chi connectivity index (χ2v) is 13.9. The molecule has 2 saturated heterocycles. The molecule has 11 nitrogen and oxygen atoms in total. The van der Waals surface area contributed by atoms with E-state index in [2.05, 4.69) is 22.2 Å². The summed E-state index contributed by atoms with van der Waals surface area (Å²) in [5.41, 5.74) is -1.99. The summed E-state index contributed by atoms with van der Waals surface area (Å²) in [4.78, 5) is 35.3. The molecule has 0 bridgehead atoms. The van der Waals surface area contributed by atoms with E-state index in [0.29, 0.717) is 42.3 Å². The number of rotatable bonds is 8. The van der Waals surface area contributed by atoms with E-state index < -0.39 is 33.3 Å². The van der Waals surface area contributed by atoms with Gasteiger partial charge >= 0.3 is 6.03 Å². The molecule has 3 aliphatic heterocycles. The summed E-state index contributed by atoms with van der Waals surface area (Å²) >= 11 is 0. The second kappa shape index (κ2) is 15.5. The maximum Gasteiger partial charge on any atom is 0.318 e. The van der Waals surface area contributed by atoms with E-state index in [1.54, 1.807) is 36.1 Å². The number of hydrogen-bond acceptors (Lipinski definition) is 8. The van der Waals surface area contributed by atoms with Crippen LogP contribution < -0.4 is 19.1 Å². The summed E-state index contributed by atoms with van der Waals surface area (Å²) in [5, 5.41) is 2.92. The van der Waals surface area contributed by atoms with Crippen LogP contribution in [0.15, 0.2) is 71.6 Å². The minimum Gasteiger partial charge on any atom is -0.497 e. The molecule has 15 heteroatoms. The highest BCUT2D eigenvalue weighted by Gasteiger charge is 2.58. The van der Waals surface area contributed by atoms with Crippen molar-refractivity contribution in [3.05, 3.63) is 83.7 Å². The smallest absolute Gasteiger partial charge is 0.318 e. The second-order valence-electron chi connectivity index (χ2n) is 12.1. The Hall–Kier alpha value is -3.62. The van der Waals surface area contributed by atoms with Crippen molar-refractivity contribution in [1.82, 2.24) is 20.0 Å². The highest BCUT2D eigenvalue weighted by atomic mass is 35.5. The van der Waals surface area contributed by atoms with E-state index in [0.717, 1.165) is 38.1 Å². The zero-order valence-corrected chi connectivity index (χ0v) is 30.1. The molecule has 0 radical (unpaired) electrons. The Morgan fingerprint density at radius 2 is 1.59 bits per heavy atom. The van der Waals surface area contributed by atoms with Gasteiger partial charge in [-0.1, -0.05) is 18.2 Å². The zero-order chi connectivity index (χ0) is 33.3. The number of nitrogens with zero attached hydrogens (tertiary/aromatic N) is 4. The number of methoxy groups -OCH3 is 1. The first-order valence-electron chi connectivity index (χ1n) is 15.9. The number of para-hydroxylation sites is 1. The molecule has 1 N–H and O–H groups in total. The van der Waals surface area contributed by atoms with Crippen LogP contribution in [0.1, 0.15) is 30.9 Å². The van der Waals surface area contributed by atoms with Crippen LogP contribution >= 0.6 is 24.8 Å². The Bertz CT molecular complexity index is 1750. The number of likely N-dealkylation sites (tertiary alicyclic amines) is 1. The van der Waals surface area contributed by atoms with Gasteiger partial charge in [-0.2, -0.15) is 4.31 Å². The molecule has 3 aromatic rings. The molecule has 266 valence electrons. The number of anilines is 1. The molecule has 6 rings (SSSR count). The number of fused-ring (bicyclic) bond motifs is 1. The third-order valence-corrected chi connectivity index (χ3v) is 11.1. The third-order valence-electron chi connectivity index (χ3n) is 9.38. The average molecular weight is 739 g/mol. The molecule has 1 unspecified atom stereocenters. The number of benzene rings is 3. The van der Waals surface area contributed by atoms with Crippen LogP contribution in [0.25, 0.3) is 0 Å². The predicted octanol–water partition coefficient (Wildman–Crippen LogP) is 4.48. The number of piperazine rings is 1. The normalized spacial score (nSPS) is 20.2. The number of hydrogen-bond donors (Lipinski definition) is 1. The Balaban J connectivity index is 0.00000270. The van der Waals surface area contributed by atoms with E-state index >= 15 is 4.39 Å². The quantitative estimate of drug-likeness (QED) is 0.361. The first-order valence-corrected chi connectivity index (χ1v) is 17.3. The van der Waals surface area contributed by atoms with E-state index in [1.807, 2.05) is 0 Å². The van der Waals surface area contributed by atoms with Crippen molar-refractivity contribution < 1.29 is 31.9 Å². The minimum absolute atomic E-state index is 0. The van der Waals surface area contributed by atoms with Crippen LogP contribution in [0.2, 0.25) is 0 Å². The fourth-order valence-electron chi connectivity index (χ4n) is 6.85. The lowest BCUT2D eigenvalue weighted by Gasteiger charge is -2.43. The van der Waals surface area contributed by atoms with Gasteiger partial charge in [0, 0.05) is 43.3 Å². The molecule has 49 heavy (non-hydrogen) atoms. The van der Waals surface area contributed by atoms with E-state index in [9.17, 15) is 18.0 Å². The number of sulfonamides is 1. The average Bonchev–Trinajstić information content (AvgIpc) is 3.33. The lowest BCUT2D eigenvalue weighted by Crippen LogP contribution is -2.61. The van der Waals surface area contributed by atoms with Gasteiger partial charge in [0.1, 0.15) is 17.3 Å². The zero-order valence-electron chi connectivity index (χ0n) is 27.6. The predicted molar refractivity (Wildman–Crippen MR) is 189 cm³/mol. The minimum atomic E-state index is -4.54. The first kappa shape index (κ1) is 38.2. The molecule has 0 saturated carbocycles.